The van der Waals surface area contributed by atoms with E-state index in [0.29, 0.717) is 18.8 Å². The fourth-order valence-corrected chi connectivity index (χ4v) is 3.99. The molecular formula is C21H27N5O2S. The summed E-state index contributed by atoms with van der Waals surface area (Å²) < 4.78 is 1.67. The highest BCUT2D eigenvalue weighted by Gasteiger charge is 2.11. The van der Waals surface area contributed by atoms with Gasteiger partial charge >= 0.3 is 0 Å². The average Bonchev–Trinajstić information content (AvgIpc) is 3.08. The van der Waals surface area contributed by atoms with Gasteiger partial charge < -0.3 is 14.9 Å². The van der Waals surface area contributed by atoms with Crippen LogP contribution in [0.4, 0.5) is 0 Å². The highest BCUT2D eigenvalue weighted by Crippen LogP contribution is 2.17. The molecule has 0 aliphatic rings. The van der Waals surface area contributed by atoms with Crippen LogP contribution in [-0.4, -0.2) is 37.7 Å². The number of nitrogens with zero attached hydrogens (tertiary/aromatic N) is 3. The lowest BCUT2D eigenvalue weighted by Crippen LogP contribution is -2.30. The van der Waals surface area contributed by atoms with Gasteiger partial charge in [-0.05, 0) is 51.0 Å². The molecule has 0 saturated carbocycles. The monoisotopic (exact) mass is 413 g/mol. The molecule has 1 aromatic carbocycles. The van der Waals surface area contributed by atoms with Crippen molar-refractivity contribution in [2.45, 2.75) is 46.4 Å². The highest BCUT2D eigenvalue weighted by molar-refractivity contribution is 7.98. The molecule has 0 aliphatic heterocycles. The lowest BCUT2D eigenvalue weighted by molar-refractivity contribution is -0.121. The van der Waals surface area contributed by atoms with Gasteiger partial charge in [0.2, 0.25) is 5.91 Å². The maximum absolute atomic E-state index is 12.6. The number of carbonyl (C=O) groups is 1. The van der Waals surface area contributed by atoms with Crippen LogP contribution in [0.15, 0.2) is 23.3 Å². The van der Waals surface area contributed by atoms with Crippen LogP contribution < -0.4 is 10.9 Å². The first-order valence-corrected chi connectivity index (χ1v) is 10.8. The second-order valence-corrected chi connectivity index (χ2v) is 8.31. The van der Waals surface area contributed by atoms with Crippen LogP contribution in [0.3, 0.4) is 0 Å². The number of rotatable bonds is 8. The molecule has 0 spiro atoms. The number of hydrogen-bond donors (Lipinski definition) is 2. The van der Waals surface area contributed by atoms with Gasteiger partial charge in [-0.15, -0.1) is 0 Å². The van der Waals surface area contributed by atoms with Crippen molar-refractivity contribution in [1.29, 1.82) is 0 Å². The average molecular weight is 414 g/mol. The van der Waals surface area contributed by atoms with Gasteiger partial charge in [0.15, 0.2) is 0 Å². The van der Waals surface area contributed by atoms with Gasteiger partial charge in [-0.25, -0.2) is 9.97 Å². The molecule has 29 heavy (non-hydrogen) atoms. The molecule has 7 nitrogen and oxygen atoms in total. The standard InChI is InChI=1S/C21H27N5O2S/c1-13-9-17-19(10-14(13)2)26(21(28)16(4)25-17)7-5-20(27)22-6-8-29-11-18-15(3)23-12-24-18/h9-10,12H,5-8,11H2,1-4H3,(H,22,27)(H,23,24). The number of H-pyrrole nitrogens is 1. The van der Waals surface area contributed by atoms with Crippen molar-refractivity contribution in [3.05, 3.63) is 57.0 Å². The summed E-state index contributed by atoms with van der Waals surface area (Å²) >= 11 is 1.73. The molecule has 8 heteroatoms. The predicted octanol–water partition coefficient (Wildman–Crippen LogP) is 2.79. The zero-order chi connectivity index (χ0) is 21.0. The van der Waals surface area contributed by atoms with Gasteiger partial charge in [-0.3, -0.25) is 9.59 Å². The number of benzene rings is 1. The van der Waals surface area contributed by atoms with E-state index in [4.69, 9.17) is 0 Å². The van der Waals surface area contributed by atoms with Crippen molar-refractivity contribution >= 4 is 28.7 Å². The van der Waals surface area contributed by atoms with Gasteiger partial charge in [0.05, 0.1) is 23.1 Å². The number of aromatic amines is 1. The van der Waals surface area contributed by atoms with E-state index >= 15 is 0 Å². The number of carbonyl (C=O) groups excluding carboxylic acids is 1. The van der Waals surface area contributed by atoms with Gasteiger partial charge in [-0.2, -0.15) is 11.8 Å². The second kappa shape index (κ2) is 9.26. The van der Waals surface area contributed by atoms with Crippen LogP contribution in [0.25, 0.3) is 11.0 Å². The van der Waals surface area contributed by atoms with Crippen molar-refractivity contribution in [2.24, 2.45) is 0 Å². The summed E-state index contributed by atoms with van der Waals surface area (Å²) in [6.07, 6.45) is 1.96. The highest BCUT2D eigenvalue weighted by atomic mass is 32.2. The van der Waals surface area contributed by atoms with Crippen LogP contribution in [-0.2, 0) is 17.1 Å². The van der Waals surface area contributed by atoms with Crippen LogP contribution in [0.2, 0.25) is 0 Å². The zero-order valence-corrected chi connectivity index (χ0v) is 18.2. The zero-order valence-electron chi connectivity index (χ0n) is 17.3. The fraction of sp³-hybridized carbons (Fsp3) is 0.429. The van der Waals surface area contributed by atoms with Crippen LogP contribution in [0.1, 0.15) is 34.6 Å². The summed E-state index contributed by atoms with van der Waals surface area (Å²) in [6.45, 7) is 8.69. The smallest absolute Gasteiger partial charge is 0.272 e. The molecule has 3 rings (SSSR count). The van der Waals surface area contributed by atoms with Gasteiger partial charge in [0.25, 0.3) is 5.56 Å². The third kappa shape index (κ3) is 5.06. The number of thioether (sulfide) groups is 1. The number of aromatic nitrogens is 4. The first-order chi connectivity index (χ1) is 13.9. The number of amides is 1. The molecule has 0 aliphatic carbocycles. The summed E-state index contributed by atoms with van der Waals surface area (Å²) in [4.78, 5) is 36.6. The Morgan fingerprint density at radius 1 is 1.21 bits per heavy atom. The third-order valence-electron chi connectivity index (χ3n) is 5.03. The number of aryl methyl sites for hydroxylation is 5. The maximum Gasteiger partial charge on any atom is 0.272 e. The molecule has 1 amide bonds. The molecular weight excluding hydrogens is 386 g/mol. The summed E-state index contributed by atoms with van der Waals surface area (Å²) in [5.74, 6) is 1.58. The van der Waals surface area contributed by atoms with Crippen LogP contribution in [0.5, 0.6) is 0 Å². The number of hydrogen-bond acceptors (Lipinski definition) is 5. The lowest BCUT2D eigenvalue weighted by Gasteiger charge is -2.13. The normalized spacial score (nSPS) is 11.2. The van der Waals surface area contributed by atoms with E-state index in [9.17, 15) is 9.59 Å². The van der Waals surface area contributed by atoms with E-state index in [-0.39, 0.29) is 17.9 Å². The minimum absolute atomic E-state index is 0.0556. The maximum atomic E-state index is 12.6. The molecule has 0 unspecified atom stereocenters. The molecule has 0 atom stereocenters. The van der Waals surface area contributed by atoms with Gasteiger partial charge in [-0.1, -0.05) is 0 Å². The number of nitrogens with one attached hydrogen (secondary N) is 2. The molecule has 2 aromatic heterocycles. The summed E-state index contributed by atoms with van der Waals surface area (Å²) in [7, 11) is 0. The summed E-state index contributed by atoms with van der Waals surface area (Å²) in [5, 5.41) is 2.93. The Morgan fingerprint density at radius 3 is 2.69 bits per heavy atom. The molecule has 154 valence electrons. The Bertz CT molecular complexity index is 1090. The Kier molecular flexibility index (Phi) is 6.74. The largest absolute Gasteiger partial charge is 0.355 e. The van der Waals surface area contributed by atoms with Crippen molar-refractivity contribution in [3.63, 3.8) is 0 Å². The van der Waals surface area contributed by atoms with E-state index in [1.807, 2.05) is 32.9 Å². The Morgan fingerprint density at radius 2 is 1.97 bits per heavy atom. The van der Waals surface area contributed by atoms with Crippen molar-refractivity contribution in [2.75, 3.05) is 12.3 Å². The molecule has 0 radical (unpaired) electrons. The van der Waals surface area contributed by atoms with Crippen molar-refractivity contribution < 1.29 is 4.79 Å². The second-order valence-electron chi connectivity index (χ2n) is 7.21. The van der Waals surface area contributed by atoms with Gasteiger partial charge in [0, 0.05) is 36.7 Å². The number of imidazole rings is 1. The Hall–Kier alpha value is -2.61. The molecule has 0 saturated heterocycles. The lowest BCUT2D eigenvalue weighted by atomic mass is 10.1. The van der Waals surface area contributed by atoms with E-state index < -0.39 is 0 Å². The minimum Gasteiger partial charge on any atom is -0.355 e. The van der Waals surface area contributed by atoms with E-state index in [2.05, 4.69) is 20.3 Å². The van der Waals surface area contributed by atoms with Crippen LogP contribution in [0, 0.1) is 27.7 Å². The topological polar surface area (TPSA) is 92.7 Å². The summed E-state index contributed by atoms with van der Waals surface area (Å²) in [6, 6.07) is 3.97. The van der Waals surface area contributed by atoms with Crippen molar-refractivity contribution in [1.82, 2.24) is 24.8 Å². The molecule has 0 bridgehead atoms. The number of fused-ring (bicyclic) bond motifs is 1. The predicted molar refractivity (Wildman–Crippen MR) is 117 cm³/mol. The van der Waals surface area contributed by atoms with E-state index in [1.54, 1.807) is 29.6 Å². The Labute approximate surface area is 174 Å². The minimum atomic E-state index is -0.140. The first-order valence-electron chi connectivity index (χ1n) is 9.68. The van der Waals surface area contributed by atoms with Crippen LogP contribution >= 0.6 is 11.8 Å². The SMILES string of the molecule is Cc1cc2nc(C)c(=O)n(CCC(=O)NCCSCc3nc[nH]c3C)c2cc1C. The molecule has 2 heterocycles. The Balaban J connectivity index is 1.55. The van der Waals surface area contributed by atoms with E-state index in [0.717, 1.165) is 45.1 Å². The molecule has 0 fully saturated rings. The molecule has 2 N–H and O–H groups in total. The fourth-order valence-electron chi connectivity index (χ4n) is 3.11. The van der Waals surface area contributed by atoms with E-state index in [1.165, 1.54) is 0 Å². The first kappa shape index (κ1) is 21.1. The summed E-state index contributed by atoms with van der Waals surface area (Å²) in [5.41, 5.74) is 6.24. The third-order valence-corrected chi connectivity index (χ3v) is 6.00. The van der Waals surface area contributed by atoms with Crippen molar-refractivity contribution in [3.8, 4) is 0 Å². The van der Waals surface area contributed by atoms with Gasteiger partial charge in [0.1, 0.15) is 5.69 Å². The quantitative estimate of drug-likeness (QED) is 0.554. The molecule has 3 aromatic rings.